The standard InChI is InChI=1S/C17H30N2O2/c1-13(2)9-15(12-19(3)4)18-11-17(20)14-7-6-8-16(10-14)21-5/h6-8,10,13,15,17-18,20H,9,11-12H2,1-5H3. The molecule has 120 valence electrons. The Morgan fingerprint density at radius 2 is 2.00 bits per heavy atom. The Morgan fingerprint density at radius 1 is 1.29 bits per heavy atom. The summed E-state index contributed by atoms with van der Waals surface area (Å²) in [6, 6.07) is 7.99. The molecule has 2 atom stereocenters. The predicted molar refractivity (Wildman–Crippen MR) is 87.8 cm³/mol. The van der Waals surface area contributed by atoms with Gasteiger partial charge in [-0.3, -0.25) is 0 Å². The Labute approximate surface area is 129 Å². The Morgan fingerprint density at radius 3 is 2.57 bits per heavy atom. The van der Waals surface area contributed by atoms with Crippen molar-refractivity contribution in [3.05, 3.63) is 29.8 Å². The first-order chi connectivity index (χ1) is 9.92. The summed E-state index contributed by atoms with van der Waals surface area (Å²) in [5, 5.41) is 13.8. The number of nitrogens with zero attached hydrogens (tertiary/aromatic N) is 1. The van der Waals surface area contributed by atoms with Gasteiger partial charge in [0.1, 0.15) is 5.75 Å². The van der Waals surface area contributed by atoms with Crippen LogP contribution in [0.1, 0.15) is 31.9 Å². The summed E-state index contributed by atoms with van der Waals surface area (Å²) in [6.07, 6.45) is 0.583. The average Bonchev–Trinajstić information content (AvgIpc) is 2.43. The zero-order valence-electron chi connectivity index (χ0n) is 14.0. The van der Waals surface area contributed by atoms with Gasteiger partial charge in [-0.2, -0.15) is 0 Å². The molecule has 21 heavy (non-hydrogen) atoms. The van der Waals surface area contributed by atoms with E-state index in [-0.39, 0.29) is 0 Å². The molecule has 0 saturated carbocycles. The molecule has 1 aromatic rings. The SMILES string of the molecule is COc1cccc(C(O)CNC(CC(C)C)CN(C)C)c1. The van der Waals surface area contributed by atoms with Gasteiger partial charge < -0.3 is 20.1 Å². The van der Waals surface area contributed by atoms with E-state index in [2.05, 4.69) is 38.2 Å². The van der Waals surface area contributed by atoms with Gasteiger partial charge in [0.15, 0.2) is 0 Å². The minimum Gasteiger partial charge on any atom is -0.497 e. The van der Waals surface area contributed by atoms with Crippen molar-refractivity contribution in [1.82, 2.24) is 10.2 Å². The number of methoxy groups -OCH3 is 1. The van der Waals surface area contributed by atoms with Crippen LogP contribution >= 0.6 is 0 Å². The van der Waals surface area contributed by atoms with Crippen LogP contribution in [0, 0.1) is 5.92 Å². The van der Waals surface area contributed by atoms with Crippen molar-refractivity contribution in [2.45, 2.75) is 32.4 Å². The molecule has 0 bridgehead atoms. The molecule has 0 aliphatic heterocycles. The number of nitrogens with one attached hydrogen (secondary N) is 1. The fourth-order valence-corrected chi connectivity index (χ4v) is 2.48. The zero-order chi connectivity index (χ0) is 15.8. The van der Waals surface area contributed by atoms with Gasteiger partial charge in [0.25, 0.3) is 0 Å². The third-order valence-electron chi connectivity index (χ3n) is 3.42. The second-order valence-corrected chi connectivity index (χ2v) is 6.29. The van der Waals surface area contributed by atoms with E-state index in [0.717, 1.165) is 24.3 Å². The molecule has 0 spiro atoms. The number of hydrogen-bond donors (Lipinski definition) is 2. The van der Waals surface area contributed by atoms with Gasteiger partial charge in [-0.05, 0) is 44.1 Å². The molecular formula is C17H30N2O2. The van der Waals surface area contributed by atoms with Crippen LogP contribution in [0.25, 0.3) is 0 Å². The van der Waals surface area contributed by atoms with Crippen molar-refractivity contribution in [3.63, 3.8) is 0 Å². The minimum absolute atomic E-state index is 0.389. The van der Waals surface area contributed by atoms with E-state index in [1.807, 2.05) is 24.3 Å². The number of aliphatic hydroxyl groups excluding tert-OH is 1. The molecule has 4 heteroatoms. The summed E-state index contributed by atoms with van der Waals surface area (Å²) in [4.78, 5) is 2.18. The maximum atomic E-state index is 10.3. The molecule has 0 aromatic heterocycles. The lowest BCUT2D eigenvalue weighted by molar-refractivity contribution is 0.163. The third kappa shape index (κ3) is 6.93. The number of hydrogen-bond acceptors (Lipinski definition) is 4. The molecule has 2 N–H and O–H groups in total. The highest BCUT2D eigenvalue weighted by molar-refractivity contribution is 5.29. The van der Waals surface area contributed by atoms with Crippen molar-refractivity contribution >= 4 is 0 Å². The summed E-state index contributed by atoms with van der Waals surface area (Å²) >= 11 is 0. The van der Waals surface area contributed by atoms with Crippen molar-refractivity contribution < 1.29 is 9.84 Å². The van der Waals surface area contributed by atoms with E-state index in [1.54, 1.807) is 7.11 Å². The number of rotatable bonds is 9. The van der Waals surface area contributed by atoms with E-state index >= 15 is 0 Å². The predicted octanol–water partition coefficient (Wildman–Crippen LogP) is 2.29. The lowest BCUT2D eigenvalue weighted by atomic mass is 10.0. The van der Waals surface area contributed by atoms with Gasteiger partial charge in [-0.25, -0.2) is 0 Å². The van der Waals surface area contributed by atoms with Crippen LogP contribution in [0.5, 0.6) is 5.75 Å². The van der Waals surface area contributed by atoms with E-state index < -0.39 is 6.10 Å². The molecule has 0 amide bonds. The van der Waals surface area contributed by atoms with Gasteiger partial charge in [0, 0.05) is 19.1 Å². The Bertz CT molecular complexity index is 398. The van der Waals surface area contributed by atoms with Crippen molar-refractivity contribution in [2.24, 2.45) is 5.92 Å². The van der Waals surface area contributed by atoms with Crippen molar-refractivity contribution in [2.75, 3.05) is 34.3 Å². The molecule has 0 radical (unpaired) electrons. The minimum atomic E-state index is -0.517. The monoisotopic (exact) mass is 294 g/mol. The number of ether oxygens (including phenoxy) is 1. The second kappa shape index (κ2) is 9.03. The topological polar surface area (TPSA) is 44.7 Å². The molecule has 4 nitrogen and oxygen atoms in total. The maximum Gasteiger partial charge on any atom is 0.119 e. The second-order valence-electron chi connectivity index (χ2n) is 6.29. The summed E-state index contributed by atoms with van der Waals surface area (Å²) in [5.74, 6) is 1.41. The number of likely N-dealkylation sites (N-methyl/N-ethyl adjacent to an activating group) is 1. The van der Waals surface area contributed by atoms with Crippen LogP contribution in [-0.4, -0.2) is 50.3 Å². The average molecular weight is 294 g/mol. The highest BCUT2D eigenvalue weighted by atomic mass is 16.5. The molecule has 2 unspecified atom stereocenters. The normalized spacial score (nSPS) is 14.5. The number of aliphatic hydroxyl groups is 1. The van der Waals surface area contributed by atoms with Crippen LogP contribution in [0.2, 0.25) is 0 Å². The van der Waals surface area contributed by atoms with Crippen molar-refractivity contribution in [1.29, 1.82) is 0 Å². The van der Waals surface area contributed by atoms with E-state index in [0.29, 0.717) is 18.5 Å². The fraction of sp³-hybridized carbons (Fsp3) is 0.647. The summed E-state index contributed by atoms with van der Waals surface area (Å²) in [7, 11) is 5.79. The fourth-order valence-electron chi connectivity index (χ4n) is 2.48. The first-order valence-electron chi connectivity index (χ1n) is 7.62. The van der Waals surface area contributed by atoms with Crippen LogP contribution < -0.4 is 10.1 Å². The lowest BCUT2D eigenvalue weighted by Gasteiger charge is -2.25. The van der Waals surface area contributed by atoms with Crippen LogP contribution in [-0.2, 0) is 0 Å². The zero-order valence-corrected chi connectivity index (χ0v) is 14.0. The quantitative estimate of drug-likeness (QED) is 0.733. The van der Waals surface area contributed by atoms with E-state index in [1.165, 1.54) is 0 Å². The van der Waals surface area contributed by atoms with Crippen LogP contribution in [0.15, 0.2) is 24.3 Å². The molecular weight excluding hydrogens is 264 g/mol. The van der Waals surface area contributed by atoms with Gasteiger partial charge in [0.2, 0.25) is 0 Å². The first kappa shape index (κ1) is 18.0. The highest BCUT2D eigenvalue weighted by Crippen LogP contribution is 2.19. The van der Waals surface area contributed by atoms with Gasteiger partial charge >= 0.3 is 0 Å². The molecule has 0 fully saturated rings. The Balaban J connectivity index is 2.56. The lowest BCUT2D eigenvalue weighted by Crippen LogP contribution is -2.41. The Kier molecular flexibility index (Phi) is 7.72. The summed E-state index contributed by atoms with van der Waals surface area (Å²) in [5.41, 5.74) is 0.884. The van der Waals surface area contributed by atoms with E-state index in [4.69, 9.17) is 4.74 Å². The maximum absolute atomic E-state index is 10.3. The van der Waals surface area contributed by atoms with Gasteiger partial charge in [0.05, 0.1) is 13.2 Å². The van der Waals surface area contributed by atoms with Crippen LogP contribution in [0.4, 0.5) is 0 Å². The Hall–Kier alpha value is -1.10. The molecule has 0 aliphatic rings. The summed E-state index contributed by atoms with van der Waals surface area (Å²) < 4.78 is 5.20. The first-order valence-corrected chi connectivity index (χ1v) is 7.62. The third-order valence-corrected chi connectivity index (χ3v) is 3.42. The molecule has 1 rings (SSSR count). The van der Waals surface area contributed by atoms with Gasteiger partial charge in [-0.15, -0.1) is 0 Å². The van der Waals surface area contributed by atoms with Crippen molar-refractivity contribution in [3.8, 4) is 5.75 Å². The van der Waals surface area contributed by atoms with E-state index in [9.17, 15) is 5.11 Å². The summed E-state index contributed by atoms with van der Waals surface area (Å²) in [6.45, 7) is 5.98. The smallest absolute Gasteiger partial charge is 0.119 e. The molecule has 0 saturated heterocycles. The van der Waals surface area contributed by atoms with Gasteiger partial charge in [-0.1, -0.05) is 26.0 Å². The molecule has 1 aromatic carbocycles. The number of benzene rings is 1. The highest BCUT2D eigenvalue weighted by Gasteiger charge is 2.15. The van der Waals surface area contributed by atoms with Crippen LogP contribution in [0.3, 0.4) is 0 Å². The largest absolute Gasteiger partial charge is 0.497 e. The molecule has 0 aliphatic carbocycles. The molecule has 0 heterocycles.